The number of Topliss-reactive ketones (excluding diaryl/α,β-unsaturated/α-hetero) is 1. The number of unbranched alkanes of at least 4 members (excludes halogenated alkanes) is 6. The zero-order valence-electron chi connectivity index (χ0n) is 14.4. The number of carbonyl (C=O) groups is 2. The molecule has 0 aliphatic heterocycles. The molecule has 0 spiro atoms. The lowest BCUT2D eigenvalue weighted by atomic mass is 9.90. The molecule has 0 aromatic carbocycles. The fourth-order valence-corrected chi connectivity index (χ4v) is 3.10. The number of aliphatic carboxylic acids is 1. The average Bonchev–Trinajstić information content (AvgIpc) is 2.86. The highest BCUT2D eigenvalue weighted by molar-refractivity contribution is 5.84. The van der Waals surface area contributed by atoms with Crippen LogP contribution in [0.25, 0.3) is 0 Å². The normalized spacial score (nSPS) is 20.7. The van der Waals surface area contributed by atoms with E-state index in [1.165, 1.54) is 31.8 Å². The lowest BCUT2D eigenvalue weighted by Crippen LogP contribution is -2.13. The molecule has 1 saturated carbocycles. The third-order valence-electron chi connectivity index (χ3n) is 4.44. The Bertz CT molecular complexity index is 453. The van der Waals surface area contributed by atoms with Crippen LogP contribution in [0.5, 0.6) is 0 Å². The van der Waals surface area contributed by atoms with Crippen molar-refractivity contribution in [3.63, 3.8) is 0 Å². The zero-order chi connectivity index (χ0) is 16.9. The van der Waals surface area contributed by atoms with Crippen LogP contribution in [0.4, 0.5) is 0 Å². The molecule has 3 heteroatoms. The number of hydrogen-bond donors (Lipinski definition) is 1. The van der Waals surface area contributed by atoms with E-state index >= 15 is 0 Å². The number of rotatable bonds is 10. The van der Waals surface area contributed by atoms with E-state index in [4.69, 9.17) is 5.11 Å². The first kappa shape index (κ1) is 19.5. The van der Waals surface area contributed by atoms with Crippen molar-refractivity contribution in [1.29, 1.82) is 0 Å². The van der Waals surface area contributed by atoms with Gasteiger partial charge >= 0.3 is 5.97 Å². The summed E-state index contributed by atoms with van der Waals surface area (Å²) in [7, 11) is 0. The number of ketones is 1. The Morgan fingerprint density at radius 2 is 2.09 bits per heavy atom. The van der Waals surface area contributed by atoms with E-state index in [9.17, 15) is 9.59 Å². The first-order chi connectivity index (χ1) is 11.1. The molecule has 0 heterocycles. The smallest absolute Gasteiger partial charge is 0.327 e. The third-order valence-corrected chi connectivity index (χ3v) is 4.44. The third kappa shape index (κ3) is 8.59. The van der Waals surface area contributed by atoms with Crippen molar-refractivity contribution >= 4 is 11.8 Å². The van der Waals surface area contributed by atoms with Crippen molar-refractivity contribution in [2.45, 2.75) is 77.6 Å². The molecule has 0 unspecified atom stereocenters. The quantitative estimate of drug-likeness (QED) is 0.359. The summed E-state index contributed by atoms with van der Waals surface area (Å²) in [5.74, 6) is 6.46. The second-order valence-electron chi connectivity index (χ2n) is 6.37. The molecule has 2 atom stereocenters. The summed E-state index contributed by atoms with van der Waals surface area (Å²) in [6.45, 7) is 2.21. The number of carboxylic acids is 1. The van der Waals surface area contributed by atoms with Crippen molar-refractivity contribution in [3.05, 3.63) is 12.2 Å². The predicted octanol–water partition coefficient (Wildman–Crippen LogP) is 4.76. The van der Waals surface area contributed by atoms with E-state index in [0.717, 1.165) is 38.5 Å². The van der Waals surface area contributed by atoms with Crippen LogP contribution in [0.3, 0.4) is 0 Å². The van der Waals surface area contributed by atoms with Crippen molar-refractivity contribution in [2.24, 2.45) is 11.8 Å². The highest BCUT2D eigenvalue weighted by Crippen LogP contribution is 2.32. The van der Waals surface area contributed by atoms with Gasteiger partial charge in [0.15, 0.2) is 0 Å². The Hall–Kier alpha value is -1.56. The monoisotopic (exact) mass is 318 g/mol. The lowest BCUT2D eigenvalue weighted by molar-refractivity contribution is -0.131. The summed E-state index contributed by atoms with van der Waals surface area (Å²) in [4.78, 5) is 22.4. The molecule has 0 radical (unpaired) electrons. The Balaban J connectivity index is 2.27. The van der Waals surface area contributed by atoms with E-state index in [1.807, 2.05) is 0 Å². The Morgan fingerprint density at radius 3 is 2.83 bits per heavy atom. The van der Waals surface area contributed by atoms with Crippen LogP contribution in [-0.2, 0) is 9.59 Å². The van der Waals surface area contributed by atoms with Gasteiger partial charge in [-0.05, 0) is 32.1 Å². The minimum absolute atomic E-state index is 0.113. The minimum Gasteiger partial charge on any atom is -0.478 e. The lowest BCUT2D eigenvalue weighted by Gasteiger charge is -2.12. The van der Waals surface area contributed by atoms with Crippen LogP contribution in [0.1, 0.15) is 77.6 Å². The maximum Gasteiger partial charge on any atom is 0.327 e. The highest BCUT2D eigenvalue weighted by atomic mass is 16.4. The van der Waals surface area contributed by atoms with Gasteiger partial charge in [0.1, 0.15) is 5.78 Å². The van der Waals surface area contributed by atoms with Crippen molar-refractivity contribution in [1.82, 2.24) is 0 Å². The van der Waals surface area contributed by atoms with Gasteiger partial charge in [-0.3, -0.25) is 4.79 Å². The average molecular weight is 318 g/mol. The van der Waals surface area contributed by atoms with Crippen LogP contribution in [0.2, 0.25) is 0 Å². The highest BCUT2D eigenvalue weighted by Gasteiger charge is 2.32. The molecule has 1 rings (SSSR count). The van der Waals surface area contributed by atoms with E-state index in [1.54, 1.807) is 6.08 Å². The predicted molar refractivity (Wildman–Crippen MR) is 93.0 cm³/mol. The van der Waals surface area contributed by atoms with E-state index in [-0.39, 0.29) is 11.8 Å². The minimum atomic E-state index is -0.898. The molecule has 128 valence electrons. The van der Waals surface area contributed by atoms with Gasteiger partial charge in [-0.25, -0.2) is 4.79 Å². The second kappa shape index (κ2) is 11.9. The first-order valence-corrected chi connectivity index (χ1v) is 9.05. The van der Waals surface area contributed by atoms with Gasteiger partial charge in [0, 0.05) is 30.8 Å². The van der Waals surface area contributed by atoms with E-state index in [2.05, 4.69) is 18.8 Å². The Kier molecular flexibility index (Phi) is 10.1. The van der Waals surface area contributed by atoms with Crippen molar-refractivity contribution in [3.8, 4) is 11.8 Å². The molecule has 0 aromatic heterocycles. The van der Waals surface area contributed by atoms with E-state index < -0.39 is 5.97 Å². The van der Waals surface area contributed by atoms with Crippen LogP contribution in [0.15, 0.2) is 12.2 Å². The van der Waals surface area contributed by atoms with Crippen LogP contribution >= 0.6 is 0 Å². The fraction of sp³-hybridized carbons (Fsp3) is 0.700. The summed E-state index contributed by atoms with van der Waals surface area (Å²) in [5.41, 5.74) is 0. The molecule has 0 bridgehead atoms. The van der Waals surface area contributed by atoms with Gasteiger partial charge in [0.25, 0.3) is 0 Å². The summed E-state index contributed by atoms with van der Waals surface area (Å²) >= 11 is 0. The Labute approximate surface area is 140 Å². The molecule has 1 fully saturated rings. The van der Waals surface area contributed by atoms with E-state index in [0.29, 0.717) is 12.2 Å². The molecule has 0 aromatic rings. The van der Waals surface area contributed by atoms with Crippen LogP contribution in [0, 0.1) is 23.7 Å². The molecule has 0 amide bonds. The van der Waals surface area contributed by atoms with Gasteiger partial charge in [0.05, 0.1) is 0 Å². The van der Waals surface area contributed by atoms with Crippen molar-refractivity contribution < 1.29 is 14.7 Å². The SMILES string of the molecule is CCCCCCC#C[C@H]1CCC(=O)[C@@H]1CCCCC=CC(=O)O. The van der Waals surface area contributed by atoms with Gasteiger partial charge in [-0.1, -0.05) is 44.6 Å². The molecule has 3 nitrogen and oxygen atoms in total. The second-order valence-corrected chi connectivity index (χ2v) is 6.37. The van der Waals surface area contributed by atoms with Gasteiger partial charge < -0.3 is 5.11 Å². The zero-order valence-corrected chi connectivity index (χ0v) is 14.4. The summed E-state index contributed by atoms with van der Waals surface area (Å²) in [5, 5.41) is 8.52. The first-order valence-electron chi connectivity index (χ1n) is 9.05. The largest absolute Gasteiger partial charge is 0.478 e. The molecule has 1 aliphatic rings. The van der Waals surface area contributed by atoms with Crippen LogP contribution < -0.4 is 0 Å². The summed E-state index contributed by atoms with van der Waals surface area (Å²) < 4.78 is 0. The number of allylic oxidation sites excluding steroid dienone is 1. The molecule has 1 aliphatic carbocycles. The maximum absolute atomic E-state index is 12.0. The topological polar surface area (TPSA) is 54.4 Å². The number of hydrogen-bond acceptors (Lipinski definition) is 2. The maximum atomic E-state index is 12.0. The molecule has 23 heavy (non-hydrogen) atoms. The standard InChI is InChI=1S/C20H30O3/c1-2-3-4-5-6-9-12-17-15-16-19(21)18(17)13-10-7-8-11-14-20(22)23/h11,14,17-18H,2-8,10,13,15-16H2,1H3,(H,22,23)/t17-,18+/m0/s1. The Morgan fingerprint density at radius 1 is 1.26 bits per heavy atom. The summed E-state index contributed by atoms with van der Waals surface area (Å²) in [6, 6.07) is 0. The summed E-state index contributed by atoms with van der Waals surface area (Å²) in [6.07, 6.45) is 13.9. The fourth-order valence-electron chi connectivity index (χ4n) is 3.10. The van der Waals surface area contributed by atoms with Crippen LogP contribution in [-0.4, -0.2) is 16.9 Å². The van der Waals surface area contributed by atoms with Crippen molar-refractivity contribution in [2.75, 3.05) is 0 Å². The molecule has 0 saturated heterocycles. The number of carbonyl (C=O) groups excluding carboxylic acids is 1. The molecular formula is C20H30O3. The van der Waals surface area contributed by atoms with Gasteiger partial charge in [-0.15, -0.1) is 5.92 Å². The molecule has 1 N–H and O–H groups in total. The number of carboxylic acid groups (broad SMARTS) is 1. The molecular weight excluding hydrogens is 288 g/mol. The van der Waals surface area contributed by atoms with Gasteiger partial charge in [-0.2, -0.15) is 0 Å². The van der Waals surface area contributed by atoms with Gasteiger partial charge in [0.2, 0.25) is 0 Å².